The van der Waals surface area contributed by atoms with E-state index < -0.39 is 0 Å². The molecule has 0 aliphatic carbocycles. The Morgan fingerprint density at radius 2 is 0.553 bits per heavy atom. The molecule has 0 N–H and O–H groups in total. The lowest BCUT2D eigenvalue weighted by molar-refractivity contribution is 1.67. The Morgan fingerprint density at radius 1 is 0.237 bits per heavy atom. The van der Waals surface area contributed by atoms with E-state index in [9.17, 15) is 0 Å². The zero-order valence-corrected chi connectivity index (χ0v) is 20.9. The number of hydrogen-bond acceptors (Lipinski definition) is 0. The standard InChI is InChI=1S/C38H24/c1-3-13-25(14-4-1)33-23-35-27-17-7-8-18-28(27)36-24-34(26-15-5-2-6-16-26)30-20-10-12-22-32(30)38(36)37(35)31-21-11-9-19-29(31)33/h1-24H. The predicted molar refractivity (Wildman–Crippen MR) is 165 cm³/mol. The molecule has 0 atom stereocenters. The largest absolute Gasteiger partial charge is 0.0622 e. The van der Waals surface area contributed by atoms with Gasteiger partial charge in [0.05, 0.1) is 0 Å². The van der Waals surface area contributed by atoms with Crippen LogP contribution in [0.2, 0.25) is 0 Å². The summed E-state index contributed by atoms with van der Waals surface area (Å²) < 4.78 is 0. The third-order valence-electron chi connectivity index (χ3n) is 8.02. The summed E-state index contributed by atoms with van der Waals surface area (Å²) in [5.41, 5.74) is 5.06. The third-order valence-corrected chi connectivity index (χ3v) is 8.02. The fourth-order valence-electron chi connectivity index (χ4n) is 6.38. The number of fused-ring (bicyclic) bond motifs is 10. The number of hydrogen-bond donors (Lipinski definition) is 0. The highest BCUT2D eigenvalue weighted by molar-refractivity contribution is 6.38. The highest BCUT2D eigenvalue weighted by Crippen LogP contribution is 2.46. The monoisotopic (exact) mass is 480 g/mol. The Morgan fingerprint density at radius 3 is 0.947 bits per heavy atom. The molecule has 0 saturated heterocycles. The first-order chi connectivity index (χ1) is 18.9. The van der Waals surface area contributed by atoms with Crippen LogP contribution in [0.25, 0.3) is 76.1 Å². The van der Waals surface area contributed by atoms with E-state index in [4.69, 9.17) is 0 Å². The van der Waals surface area contributed by atoms with Gasteiger partial charge in [-0.05, 0) is 88.2 Å². The summed E-state index contributed by atoms with van der Waals surface area (Å²) in [6.07, 6.45) is 0. The summed E-state index contributed by atoms with van der Waals surface area (Å²) >= 11 is 0. The lowest BCUT2D eigenvalue weighted by Gasteiger charge is -2.19. The quantitative estimate of drug-likeness (QED) is 0.216. The van der Waals surface area contributed by atoms with Crippen molar-refractivity contribution in [3.8, 4) is 22.3 Å². The minimum absolute atomic E-state index is 1.25. The summed E-state index contributed by atoms with van der Waals surface area (Å²) in [4.78, 5) is 0. The molecule has 0 spiro atoms. The molecule has 0 aliphatic heterocycles. The fraction of sp³-hybridized carbons (Fsp3) is 0. The molecule has 0 saturated carbocycles. The molecule has 0 fully saturated rings. The van der Waals surface area contributed by atoms with Gasteiger partial charge in [-0.25, -0.2) is 0 Å². The average Bonchev–Trinajstić information content (AvgIpc) is 3.01. The van der Waals surface area contributed by atoms with E-state index in [-0.39, 0.29) is 0 Å². The molecule has 8 aromatic carbocycles. The van der Waals surface area contributed by atoms with Gasteiger partial charge in [-0.15, -0.1) is 0 Å². The zero-order valence-electron chi connectivity index (χ0n) is 20.9. The van der Waals surface area contributed by atoms with E-state index in [1.54, 1.807) is 0 Å². The minimum atomic E-state index is 1.25. The SMILES string of the molecule is c1ccc(-c2cc3c4ccccc4c4cc(-c5ccccc5)c5ccccc5c4c3c3ccccc23)cc1. The van der Waals surface area contributed by atoms with Gasteiger partial charge in [-0.2, -0.15) is 0 Å². The van der Waals surface area contributed by atoms with E-state index in [1.165, 1.54) is 76.1 Å². The molecule has 0 nitrogen and oxygen atoms in total. The Kier molecular flexibility index (Phi) is 4.62. The Bertz CT molecular complexity index is 2000. The van der Waals surface area contributed by atoms with E-state index in [0.29, 0.717) is 0 Å². The second-order valence-electron chi connectivity index (χ2n) is 10.1. The Balaban J connectivity index is 1.67. The fourth-order valence-corrected chi connectivity index (χ4v) is 6.38. The smallest absolute Gasteiger partial charge is 0.00137 e. The molecule has 0 heterocycles. The van der Waals surface area contributed by atoms with Crippen LogP contribution < -0.4 is 0 Å². The van der Waals surface area contributed by atoms with Gasteiger partial charge in [-0.3, -0.25) is 0 Å². The third kappa shape index (κ3) is 3.04. The van der Waals surface area contributed by atoms with Crippen molar-refractivity contribution >= 4 is 53.9 Å². The Labute approximate surface area is 221 Å². The molecule has 0 aliphatic rings. The molecular weight excluding hydrogens is 456 g/mol. The van der Waals surface area contributed by atoms with Crippen LogP contribution >= 0.6 is 0 Å². The molecule has 8 rings (SSSR count). The Hall–Kier alpha value is -4.94. The van der Waals surface area contributed by atoms with Crippen LogP contribution in [0.1, 0.15) is 0 Å². The van der Waals surface area contributed by atoms with E-state index >= 15 is 0 Å². The van der Waals surface area contributed by atoms with Crippen LogP contribution in [-0.4, -0.2) is 0 Å². The topological polar surface area (TPSA) is 0 Å². The summed E-state index contributed by atoms with van der Waals surface area (Å²) in [6, 6.07) is 53.2. The van der Waals surface area contributed by atoms with Crippen LogP contribution in [0.5, 0.6) is 0 Å². The molecule has 0 radical (unpaired) electrons. The van der Waals surface area contributed by atoms with Crippen molar-refractivity contribution in [3.05, 3.63) is 146 Å². The molecular formula is C38H24. The van der Waals surface area contributed by atoms with Crippen molar-refractivity contribution in [2.24, 2.45) is 0 Å². The van der Waals surface area contributed by atoms with Crippen LogP contribution in [0.4, 0.5) is 0 Å². The molecule has 0 bridgehead atoms. The van der Waals surface area contributed by atoms with Gasteiger partial charge >= 0.3 is 0 Å². The molecule has 0 unspecified atom stereocenters. The van der Waals surface area contributed by atoms with E-state index in [1.807, 2.05) is 0 Å². The van der Waals surface area contributed by atoms with Gasteiger partial charge in [0.2, 0.25) is 0 Å². The van der Waals surface area contributed by atoms with Crippen molar-refractivity contribution in [3.63, 3.8) is 0 Å². The molecule has 176 valence electrons. The van der Waals surface area contributed by atoms with Crippen molar-refractivity contribution in [1.29, 1.82) is 0 Å². The molecule has 0 aromatic heterocycles. The maximum Gasteiger partial charge on any atom is -0.00137 e. The van der Waals surface area contributed by atoms with Gasteiger partial charge in [0.25, 0.3) is 0 Å². The normalized spacial score (nSPS) is 11.7. The second kappa shape index (κ2) is 8.30. The maximum atomic E-state index is 2.43. The van der Waals surface area contributed by atoms with E-state index in [2.05, 4.69) is 146 Å². The first-order valence-corrected chi connectivity index (χ1v) is 13.2. The summed E-state index contributed by atoms with van der Waals surface area (Å²) in [5, 5.41) is 13.1. The number of benzene rings is 8. The lowest BCUT2D eigenvalue weighted by atomic mass is 9.84. The maximum absolute atomic E-state index is 2.43. The van der Waals surface area contributed by atoms with Gasteiger partial charge in [-0.1, -0.05) is 133 Å². The second-order valence-corrected chi connectivity index (χ2v) is 10.1. The lowest BCUT2D eigenvalue weighted by Crippen LogP contribution is -1.91. The van der Waals surface area contributed by atoms with Crippen molar-refractivity contribution < 1.29 is 0 Å². The van der Waals surface area contributed by atoms with Crippen LogP contribution in [0.3, 0.4) is 0 Å². The van der Waals surface area contributed by atoms with Crippen molar-refractivity contribution in [1.82, 2.24) is 0 Å². The molecule has 0 amide bonds. The first kappa shape index (κ1) is 21.2. The van der Waals surface area contributed by atoms with Crippen LogP contribution in [-0.2, 0) is 0 Å². The van der Waals surface area contributed by atoms with Crippen LogP contribution in [0, 0.1) is 0 Å². The van der Waals surface area contributed by atoms with Gasteiger partial charge in [0.15, 0.2) is 0 Å². The van der Waals surface area contributed by atoms with Gasteiger partial charge in [0, 0.05) is 0 Å². The molecule has 38 heavy (non-hydrogen) atoms. The minimum Gasteiger partial charge on any atom is -0.0622 e. The van der Waals surface area contributed by atoms with Crippen molar-refractivity contribution in [2.45, 2.75) is 0 Å². The highest BCUT2D eigenvalue weighted by Gasteiger charge is 2.18. The molecule has 0 heteroatoms. The van der Waals surface area contributed by atoms with Gasteiger partial charge in [0.1, 0.15) is 0 Å². The zero-order chi connectivity index (χ0) is 25.1. The first-order valence-electron chi connectivity index (χ1n) is 13.2. The van der Waals surface area contributed by atoms with Crippen LogP contribution in [0.15, 0.2) is 146 Å². The predicted octanol–water partition coefficient (Wildman–Crippen LogP) is 10.8. The molecule has 8 aromatic rings. The average molecular weight is 481 g/mol. The van der Waals surface area contributed by atoms with Gasteiger partial charge < -0.3 is 0 Å². The highest BCUT2D eigenvalue weighted by atomic mass is 14.2. The summed E-state index contributed by atoms with van der Waals surface area (Å²) in [6.45, 7) is 0. The van der Waals surface area contributed by atoms with Crippen molar-refractivity contribution in [2.75, 3.05) is 0 Å². The van der Waals surface area contributed by atoms with E-state index in [0.717, 1.165) is 0 Å². The summed E-state index contributed by atoms with van der Waals surface area (Å²) in [7, 11) is 0. The number of rotatable bonds is 2. The summed E-state index contributed by atoms with van der Waals surface area (Å²) in [5.74, 6) is 0.